The quantitative estimate of drug-likeness (QED) is 0.134. The number of nitrogens with zero attached hydrogens (tertiary/aromatic N) is 2. The molecule has 39 heavy (non-hydrogen) atoms. The Hall–Kier alpha value is -3.83. The highest BCUT2D eigenvalue weighted by Crippen LogP contribution is 2.36. The molecule has 3 heteroatoms. The Morgan fingerprint density at radius 1 is 0.436 bits per heavy atom. The number of aliphatic imine (C=N–C) groups is 2. The van der Waals surface area contributed by atoms with E-state index in [-0.39, 0.29) is 0 Å². The summed E-state index contributed by atoms with van der Waals surface area (Å²) >= 11 is 2.49. The summed E-state index contributed by atoms with van der Waals surface area (Å²) in [6.07, 6.45) is 4.00. The molecule has 0 unspecified atom stereocenters. The zero-order valence-electron chi connectivity index (χ0n) is 22.7. The van der Waals surface area contributed by atoms with Crippen molar-refractivity contribution in [2.24, 2.45) is 9.98 Å². The number of para-hydroxylation sites is 2. The highest BCUT2D eigenvalue weighted by atomic mass is 127. The van der Waals surface area contributed by atoms with E-state index < -0.39 is 0 Å². The molecular weight excluding hydrogens is 587 g/mol. The van der Waals surface area contributed by atoms with Crippen molar-refractivity contribution in [2.75, 3.05) is 0 Å². The van der Waals surface area contributed by atoms with Gasteiger partial charge in [0.1, 0.15) is 0 Å². The lowest BCUT2D eigenvalue weighted by molar-refractivity contribution is 1.33. The highest BCUT2D eigenvalue weighted by molar-refractivity contribution is 14.1. The van der Waals surface area contributed by atoms with Gasteiger partial charge in [0.05, 0.1) is 11.4 Å². The van der Waals surface area contributed by atoms with Crippen LogP contribution in [0.3, 0.4) is 0 Å². The Bertz CT molecular complexity index is 1550. The van der Waals surface area contributed by atoms with Crippen LogP contribution in [-0.4, -0.2) is 12.4 Å². The van der Waals surface area contributed by atoms with Crippen molar-refractivity contribution in [3.63, 3.8) is 0 Å². The van der Waals surface area contributed by atoms with Crippen LogP contribution in [0, 0.1) is 31.3 Å². The van der Waals surface area contributed by atoms with Crippen LogP contribution in [0.1, 0.15) is 33.4 Å². The summed E-state index contributed by atoms with van der Waals surface area (Å²) in [5.74, 6) is 0. The van der Waals surface area contributed by atoms with Crippen molar-refractivity contribution in [2.45, 2.75) is 27.7 Å². The fourth-order valence-electron chi connectivity index (χ4n) is 4.94. The zero-order valence-corrected chi connectivity index (χ0v) is 24.9. The molecule has 0 saturated heterocycles. The molecule has 0 atom stereocenters. The van der Waals surface area contributed by atoms with Gasteiger partial charge >= 0.3 is 0 Å². The van der Waals surface area contributed by atoms with E-state index in [0.717, 1.165) is 22.5 Å². The fourth-order valence-corrected chi connectivity index (χ4v) is 5.89. The zero-order chi connectivity index (χ0) is 27.4. The summed E-state index contributed by atoms with van der Waals surface area (Å²) in [4.78, 5) is 9.82. The first kappa shape index (κ1) is 26.8. The average Bonchev–Trinajstić information content (AvgIpc) is 2.93. The molecule has 5 aromatic carbocycles. The molecular formula is C36H31IN2. The predicted octanol–water partition coefficient (Wildman–Crippen LogP) is 10.4. The van der Waals surface area contributed by atoms with Crippen molar-refractivity contribution in [1.29, 1.82) is 0 Å². The van der Waals surface area contributed by atoms with Gasteiger partial charge in [0.2, 0.25) is 0 Å². The molecule has 0 bridgehead atoms. The van der Waals surface area contributed by atoms with Gasteiger partial charge < -0.3 is 0 Å². The summed E-state index contributed by atoms with van der Waals surface area (Å²) in [6, 6.07) is 36.1. The van der Waals surface area contributed by atoms with Crippen LogP contribution < -0.4 is 0 Å². The minimum atomic E-state index is 1.04. The van der Waals surface area contributed by atoms with Gasteiger partial charge in [-0.25, -0.2) is 0 Å². The largest absolute Gasteiger partial charge is 0.256 e. The molecule has 0 heterocycles. The average molecular weight is 619 g/mol. The number of hydrogen-bond acceptors (Lipinski definition) is 2. The van der Waals surface area contributed by atoms with Crippen molar-refractivity contribution >= 4 is 46.4 Å². The van der Waals surface area contributed by atoms with E-state index in [9.17, 15) is 0 Å². The van der Waals surface area contributed by atoms with E-state index >= 15 is 0 Å². The molecule has 0 radical (unpaired) electrons. The molecule has 0 spiro atoms. The Balaban J connectivity index is 1.56. The predicted molar refractivity (Wildman–Crippen MR) is 176 cm³/mol. The van der Waals surface area contributed by atoms with Crippen LogP contribution in [-0.2, 0) is 0 Å². The molecule has 0 fully saturated rings. The second kappa shape index (κ2) is 11.9. The smallest absolute Gasteiger partial charge is 0.0688 e. The van der Waals surface area contributed by atoms with Crippen LogP contribution in [0.5, 0.6) is 0 Å². The van der Waals surface area contributed by atoms with E-state index in [1.807, 2.05) is 12.4 Å². The topological polar surface area (TPSA) is 24.7 Å². The maximum atomic E-state index is 4.91. The number of halogens is 1. The number of hydrogen-bond donors (Lipinski definition) is 0. The Morgan fingerprint density at radius 2 is 0.769 bits per heavy atom. The fraction of sp³-hybridized carbons (Fsp3) is 0.111. The molecule has 0 N–H and O–H groups in total. The maximum absolute atomic E-state index is 4.91. The standard InChI is InChI=1S/C36H31IN2/c1-24-12-9-13-25(2)35(24)38-22-28-16-5-7-18-30(28)32-20-11-21-33(34(32)37)31-19-8-6-17-29(31)23-39-36-26(3)14-10-15-27(36)4/h5-23H,1-4H3. The molecule has 0 aliphatic heterocycles. The summed E-state index contributed by atoms with van der Waals surface area (Å²) < 4.78 is 1.20. The number of benzene rings is 5. The molecule has 0 aromatic heterocycles. The maximum Gasteiger partial charge on any atom is 0.0688 e. The third-order valence-corrected chi connectivity index (χ3v) is 8.21. The normalized spacial score (nSPS) is 11.5. The van der Waals surface area contributed by atoms with E-state index in [1.54, 1.807) is 0 Å². The van der Waals surface area contributed by atoms with Crippen molar-refractivity contribution in [1.82, 2.24) is 0 Å². The van der Waals surface area contributed by atoms with Crippen molar-refractivity contribution in [3.8, 4) is 22.3 Å². The van der Waals surface area contributed by atoms with E-state index in [1.165, 1.54) is 48.1 Å². The van der Waals surface area contributed by atoms with Crippen molar-refractivity contribution in [3.05, 3.63) is 140 Å². The van der Waals surface area contributed by atoms with Gasteiger partial charge in [0.25, 0.3) is 0 Å². The third kappa shape index (κ3) is 5.79. The lowest BCUT2D eigenvalue weighted by Gasteiger charge is -2.14. The summed E-state index contributed by atoms with van der Waals surface area (Å²) in [5, 5.41) is 0. The summed E-state index contributed by atoms with van der Waals surface area (Å²) in [7, 11) is 0. The van der Waals surface area contributed by atoms with Gasteiger partial charge in [-0.05, 0) is 94.8 Å². The Morgan fingerprint density at radius 3 is 1.18 bits per heavy atom. The lowest BCUT2D eigenvalue weighted by Crippen LogP contribution is -1.95. The molecule has 0 aliphatic rings. The molecule has 0 amide bonds. The number of rotatable bonds is 6. The van der Waals surface area contributed by atoms with Crippen LogP contribution >= 0.6 is 22.6 Å². The second-order valence-electron chi connectivity index (χ2n) is 9.84. The highest BCUT2D eigenvalue weighted by Gasteiger charge is 2.14. The molecule has 192 valence electrons. The first-order valence-corrected chi connectivity index (χ1v) is 14.2. The van der Waals surface area contributed by atoms with E-state index in [2.05, 4.69) is 153 Å². The van der Waals surface area contributed by atoms with Gasteiger partial charge in [-0.15, -0.1) is 0 Å². The number of aryl methyl sites for hydroxylation is 4. The monoisotopic (exact) mass is 618 g/mol. The summed E-state index contributed by atoms with van der Waals surface area (Å²) in [5.41, 5.74) is 13.7. The minimum absolute atomic E-state index is 1.04. The molecule has 5 rings (SSSR count). The Kier molecular flexibility index (Phi) is 8.18. The first-order valence-electron chi connectivity index (χ1n) is 13.1. The lowest BCUT2D eigenvalue weighted by atomic mass is 9.94. The molecule has 5 aromatic rings. The van der Waals surface area contributed by atoms with Gasteiger partial charge in [0.15, 0.2) is 0 Å². The SMILES string of the molecule is Cc1cccc(C)c1N=Cc1ccccc1-c1cccc(-c2ccccc2C=Nc2c(C)cccc2C)c1I. The molecule has 2 nitrogen and oxygen atoms in total. The van der Waals surface area contributed by atoms with E-state index in [4.69, 9.17) is 9.98 Å². The van der Waals surface area contributed by atoms with E-state index in [0.29, 0.717) is 0 Å². The van der Waals surface area contributed by atoms with Crippen LogP contribution in [0.25, 0.3) is 22.3 Å². The summed E-state index contributed by atoms with van der Waals surface area (Å²) in [6.45, 7) is 8.44. The molecule has 0 aliphatic carbocycles. The van der Waals surface area contributed by atoms with Gasteiger partial charge in [-0.1, -0.05) is 103 Å². The van der Waals surface area contributed by atoms with Crippen LogP contribution in [0.4, 0.5) is 11.4 Å². The van der Waals surface area contributed by atoms with Crippen LogP contribution in [0.15, 0.2) is 113 Å². The molecule has 0 saturated carbocycles. The second-order valence-corrected chi connectivity index (χ2v) is 10.9. The van der Waals surface area contributed by atoms with Gasteiger partial charge in [-0.2, -0.15) is 0 Å². The van der Waals surface area contributed by atoms with Crippen molar-refractivity contribution < 1.29 is 0 Å². The van der Waals surface area contributed by atoms with Gasteiger partial charge in [-0.3, -0.25) is 9.98 Å². The Labute approximate surface area is 245 Å². The third-order valence-electron chi connectivity index (χ3n) is 7.05. The minimum Gasteiger partial charge on any atom is -0.256 e. The van der Waals surface area contributed by atoms with Gasteiger partial charge in [0, 0.05) is 27.1 Å². The van der Waals surface area contributed by atoms with Crippen LogP contribution in [0.2, 0.25) is 0 Å². The first-order chi connectivity index (χ1) is 18.9.